The highest BCUT2D eigenvalue weighted by Crippen LogP contribution is 2.39. The molecule has 0 amide bonds. The highest BCUT2D eigenvalue weighted by Gasteiger charge is 2.20. The van der Waals surface area contributed by atoms with Crippen LogP contribution in [0.5, 0.6) is 11.5 Å². The molecule has 2 aromatic carbocycles. The van der Waals surface area contributed by atoms with Crippen LogP contribution in [0.25, 0.3) is 10.9 Å². The second-order valence-electron chi connectivity index (χ2n) is 5.95. The summed E-state index contributed by atoms with van der Waals surface area (Å²) in [5, 5.41) is 13.5. The van der Waals surface area contributed by atoms with Crippen molar-refractivity contribution in [2.75, 3.05) is 12.1 Å². The first-order valence-corrected chi connectivity index (χ1v) is 7.83. The van der Waals surface area contributed by atoms with Crippen molar-refractivity contribution in [1.29, 1.82) is 0 Å². The molecule has 0 atom stereocenters. The molecule has 3 aromatic rings. The Morgan fingerprint density at radius 2 is 1.96 bits per heavy atom. The summed E-state index contributed by atoms with van der Waals surface area (Å²) in [6.45, 7) is 4.16. The number of aromatic carboxylic acids is 1. The second-order valence-corrected chi connectivity index (χ2v) is 5.95. The highest BCUT2D eigenvalue weighted by molar-refractivity contribution is 6.06. The van der Waals surface area contributed by atoms with Crippen LogP contribution in [0.3, 0.4) is 0 Å². The zero-order valence-electron chi connectivity index (χ0n) is 13.8. The van der Waals surface area contributed by atoms with Gasteiger partial charge in [-0.15, -0.1) is 0 Å². The van der Waals surface area contributed by atoms with Gasteiger partial charge in [0.15, 0.2) is 11.5 Å². The number of benzene rings is 2. The molecule has 1 aromatic heterocycles. The Morgan fingerprint density at radius 1 is 1.20 bits per heavy atom. The van der Waals surface area contributed by atoms with Crippen LogP contribution in [0.4, 0.5) is 11.4 Å². The topological polar surface area (TPSA) is 80.7 Å². The fraction of sp³-hybridized carbons (Fsp3) is 0.158. The lowest BCUT2D eigenvalue weighted by molar-refractivity contribution is 0.0697. The number of carbonyl (C=O) groups is 1. The number of carboxylic acid groups (broad SMARTS) is 1. The van der Waals surface area contributed by atoms with Gasteiger partial charge in [-0.1, -0.05) is 12.1 Å². The van der Waals surface area contributed by atoms with Crippen molar-refractivity contribution in [1.82, 2.24) is 4.98 Å². The number of fused-ring (bicyclic) bond motifs is 2. The number of hydrogen-bond donors (Lipinski definition) is 2. The summed E-state index contributed by atoms with van der Waals surface area (Å²) >= 11 is 0. The van der Waals surface area contributed by atoms with Crippen LogP contribution in [0.2, 0.25) is 0 Å². The normalized spacial score (nSPS) is 12.4. The van der Waals surface area contributed by atoms with Crippen LogP contribution in [0.1, 0.15) is 21.5 Å². The van der Waals surface area contributed by atoms with Crippen molar-refractivity contribution in [3.8, 4) is 11.5 Å². The minimum Gasteiger partial charge on any atom is -0.478 e. The molecule has 6 nitrogen and oxygen atoms in total. The number of nitrogens with one attached hydrogen (secondary N) is 1. The van der Waals surface area contributed by atoms with E-state index in [1.54, 1.807) is 12.1 Å². The van der Waals surface area contributed by atoms with Gasteiger partial charge in [0.2, 0.25) is 6.79 Å². The van der Waals surface area contributed by atoms with E-state index in [0.717, 1.165) is 16.8 Å². The Labute approximate surface area is 144 Å². The first-order chi connectivity index (χ1) is 12.0. The molecule has 1 aliphatic rings. The summed E-state index contributed by atoms with van der Waals surface area (Å²) in [5.41, 5.74) is 4.27. The number of rotatable bonds is 3. The van der Waals surface area contributed by atoms with Crippen molar-refractivity contribution in [3.63, 3.8) is 0 Å². The van der Waals surface area contributed by atoms with Crippen molar-refractivity contribution in [2.45, 2.75) is 13.8 Å². The van der Waals surface area contributed by atoms with Crippen molar-refractivity contribution >= 4 is 28.2 Å². The fourth-order valence-corrected chi connectivity index (χ4v) is 2.90. The molecule has 0 saturated heterocycles. The first-order valence-electron chi connectivity index (χ1n) is 7.83. The Kier molecular flexibility index (Phi) is 3.46. The number of pyridine rings is 1. The quantitative estimate of drug-likeness (QED) is 0.752. The summed E-state index contributed by atoms with van der Waals surface area (Å²) in [7, 11) is 0. The number of aromatic nitrogens is 1. The van der Waals surface area contributed by atoms with Crippen LogP contribution in [-0.2, 0) is 0 Å². The molecule has 2 heterocycles. The van der Waals surface area contributed by atoms with Crippen LogP contribution < -0.4 is 14.8 Å². The number of ether oxygens (including phenoxy) is 2. The highest BCUT2D eigenvalue weighted by atomic mass is 16.7. The minimum atomic E-state index is -1.04. The second kappa shape index (κ2) is 5.66. The van der Waals surface area contributed by atoms with Gasteiger partial charge in [0, 0.05) is 23.3 Å². The maximum Gasteiger partial charge on any atom is 0.339 e. The Hall–Kier alpha value is -3.28. The van der Waals surface area contributed by atoms with E-state index >= 15 is 0 Å². The van der Waals surface area contributed by atoms with Gasteiger partial charge in [-0.05, 0) is 37.1 Å². The molecule has 2 N–H and O–H groups in total. The third kappa shape index (κ3) is 2.52. The van der Waals surface area contributed by atoms with E-state index in [4.69, 9.17) is 9.47 Å². The van der Waals surface area contributed by atoms with Gasteiger partial charge >= 0.3 is 5.97 Å². The lowest BCUT2D eigenvalue weighted by atomic mass is 10.1. The summed E-state index contributed by atoms with van der Waals surface area (Å²) in [4.78, 5) is 16.0. The summed E-state index contributed by atoms with van der Waals surface area (Å²) < 4.78 is 10.8. The third-order valence-corrected chi connectivity index (χ3v) is 4.46. The van der Waals surface area contributed by atoms with Crippen LogP contribution >= 0.6 is 0 Å². The van der Waals surface area contributed by atoms with Gasteiger partial charge < -0.3 is 19.9 Å². The molecule has 0 fully saturated rings. The van der Waals surface area contributed by atoms with Gasteiger partial charge in [0.25, 0.3) is 0 Å². The molecule has 0 aliphatic carbocycles. The largest absolute Gasteiger partial charge is 0.478 e. The first kappa shape index (κ1) is 15.3. The summed E-state index contributed by atoms with van der Waals surface area (Å²) in [5.74, 6) is 0.154. The Morgan fingerprint density at radius 3 is 2.72 bits per heavy atom. The number of hydrogen-bond acceptors (Lipinski definition) is 5. The van der Waals surface area contributed by atoms with E-state index < -0.39 is 5.97 Å². The predicted molar refractivity (Wildman–Crippen MR) is 94.0 cm³/mol. The number of carboxylic acids is 1. The van der Waals surface area contributed by atoms with Gasteiger partial charge in [0.1, 0.15) is 5.56 Å². The summed E-state index contributed by atoms with van der Waals surface area (Å²) in [6.07, 6.45) is 1.36. The molecule has 0 bridgehead atoms. The van der Waals surface area contributed by atoms with Crippen molar-refractivity contribution in [3.05, 3.63) is 53.2 Å². The zero-order valence-corrected chi connectivity index (χ0v) is 13.8. The van der Waals surface area contributed by atoms with Crippen molar-refractivity contribution < 1.29 is 19.4 Å². The number of nitrogens with zero attached hydrogens (tertiary/aromatic N) is 1. The lowest BCUT2D eigenvalue weighted by Gasteiger charge is -2.16. The van der Waals surface area contributed by atoms with E-state index in [1.165, 1.54) is 6.20 Å². The molecule has 25 heavy (non-hydrogen) atoms. The molecule has 4 rings (SSSR count). The van der Waals surface area contributed by atoms with E-state index in [0.29, 0.717) is 28.1 Å². The average molecular weight is 336 g/mol. The van der Waals surface area contributed by atoms with Crippen LogP contribution in [0, 0.1) is 13.8 Å². The smallest absolute Gasteiger partial charge is 0.339 e. The van der Waals surface area contributed by atoms with E-state index in [2.05, 4.69) is 10.3 Å². The average Bonchev–Trinajstić information content (AvgIpc) is 3.04. The van der Waals surface area contributed by atoms with Gasteiger partial charge in [-0.25, -0.2) is 4.79 Å². The maximum absolute atomic E-state index is 11.7. The molecule has 0 spiro atoms. The maximum atomic E-state index is 11.7. The molecule has 0 unspecified atom stereocenters. The van der Waals surface area contributed by atoms with Crippen molar-refractivity contribution in [2.24, 2.45) is 0 Å². The lowest BCUT2D eigenvalue weighted by Crippen LogP contribution is -2.05. The number of anilines is 2. The van der Waals surface area contributed by atoms with Crippen LogP contribution in [-0.4, -0.2) is 22.9 Å². The molecule has 1 aliphatic heterocycles. The number of aryl methyl sites for hydroxylation is 1. The fourth-order valence-electron chi connectivity index (χ4n) is 2.90. The predicted octanol–water partition coefficient (Wildman–Crippen LogP) is 4.02. The monoisotopic (exact) mass is 336 g/mol. The van der Waals surface area contributed by atoms with Gasteiger partial charge in [-0.3, -0.25) is 4.98 Å². The molecule has 126 valence electrons. The molecular weight excluding hydrogens is 320 g/mol. The molecule has 0 saturated carbocycles. The summed E-state index contributed by atoms with van der Waals surface area (Å²) in [6, 6.07) is 9.40. The SMILES string of the molecule is Cc1cccc(Nc2c(C(=O)O)cnc3cc4c(cc23)OCO4)c1C. The molecular formula is C19H16N2O4. The van der Waals surface area contributed by atoms with Crippen LogP contribution in [0.15, 0.2) is 36.5 Å². The third-order valence-electron chi connectivity index (χ3n) is 4.46. The molecule has 0 radical (unpaired) electrons. The Balaban J connectivity index is 1.94. The van der Waals surface area contributed by atoms with E-state index in [9.17, 15) is 9.90 Å². The van der Waals surface area contributed by atoms with Gasteiger partial charge in [0.05, 0.1) is 11.2 Å². The Bertz CT molecular complexity index is 1010. The zero-order chi connectivity index (χ0) is 17.6. The standard InChI is InChI=1S/C19H16N2O4/c1-10-4-3-5-14(11(10)2)21-18-12-6-16-17(25-9-24-16)7-15(12)20-8-13(18)19(22)23/h3-8H,9H2,1-2H3,(H,20,21)(H,22,23). The van der Waals surface area contributed by atoms with Gasteiger partial charge in [-0.2, -0.15) is 0 Å². The molecule has 6 heteroatoms. The van der Waals surface area contributed by atoms with E-state index in [-0.39, 0.29) is 12.4 Å². The minimum absolute atomic E-state index is 0.104. The van der Waals surface area contributed by atoms with E-state index in [1.807, 2.05) is 32.0 Å².